The first-order chi connectivity index (χ1) is 12.7. The van der Waals surface area contributed by atoms with Crippen LogP contribution in [0.4, 0.5) is 18.0 Å². The number of hydrogen-bond acceptors (Lipinski definition) is 3. The van der Waals surface area contributed by atoms with E-state index in [1.807, 2.05) is 0 Å². The van der Waals surface area contributed by atoms with E-state index in [2.05, 4.69) is 4.98 Å². The van der Waals surface area contributed by atoms with Crippen LogP contribution in [0.5, 0.6) is 0 Å². The average molecular weight is 380 g/mol. The van der Waals surface area contributed by atoms with Crippen LogP contribution in [0, 0.1) is 0 Å². The number of aliphatic hydroxyl groups is 1. The molecule has 2 heterocycles. The second-order valence-electron chi connectivity index (χ2n) is 6.66. The van der Waals surface area contributed by atoms with E-state index in [4.69, 9.17) is 0 Å². The van der Waals surface area contributed by atoms with E-state index in [-0.39, 0.29) is 25.9 Å². The molecule has 0 aliphatic carbocycles. The number of carbonyl (C=O) groups is 1. The number of hydrogen-bond donors (Lipinski definition) is 2. The van der Waals surface area contributed by atoms with Gasteiger partial charge < -0.3 is 15.1 Å². The van der Waals surface area contributed by atoms with Gasteiger partial charge in [-0.25, -0.2) is 4.79 Å². The number of piperidine rings is 1. The fraction of sp³-hybridized carbons (Fsp3) is 0.368. The van der Waals surface area contributed by atoms with Gasteiger partial charge in [-0.15, -0.1) is 0 Å². The molecule has 8 heteroatoms. The van der Waals surface area contributed by atoms with Gasteiger partial charge in [-0.2, -0.15) is 13.2 Å². The molecule has 2 N–H and O–H groups in total. The summed E-state index contributed by atoms with van der Waals surface area (Å²) in [6.45, 7) is 0.362. The number of carboxylic acid groups (broad SMARTS) is 1. The van der Waals surface area contributed by atoms with Crippen LogP contribution in [0.1, 0.15) is 35.8 Å². The number of aromatic nitrogens is 1. The van der Waals surface area contributed by atoms with Gasteiger partial charge in [-0.3, -0.25) is 4.98 Å². The van der Waals surface area contributed by atoms with E-state index >= 15 is 0 Å². The minimum absolute atomic E-state index is 0.181. The van der Waals surface area contributed by atoms with Crippen LogP contribution < -0.4 is 0 Å². The van der Waals surface area contributed by atoms with E-state index in [1.165, 1.54) is 23.2 Å². The van der Waals surface area contributed by atoms with E-state index in [9.17, 15) is 28.2 Å². The SMILES string of the molecule is O=C(O)N1CCC(c2ccc(C(F)(F)F)cc2)(C(O)c2ccccn2)CC1. The molecule has 1 fully saturated rings. The molecule has 2 aromatic rings. The number of alkyl halides is 3. The van der Waals surface area contributed by atoms with Crippen molar-refractivity contribution >= 4 is 6.09 Å². The summed E-state index contributed by atoms with van der Waals surface area (Å²) in [7, 11) is 0. The predicted molar refractivity (Wildman–Crippen MR) is 91.2 cm³/mol. The molecule has 1 aliphatic heterocycles. The van der Waals surface area contributed by atoms with Crippen molar-refractivity contribution in [3.8, 4) is 0 Å². The van der Waals surface area contributed by atoms with Gasteiger partial charge in [0.05, 0.1) is 11.3 Å². The molecule has 0 spiro atoms. The third-order valence-corrected chi connectivity index (χ3v) is 5.20. The maximum absolute atomic E-state index is 12.9. The van der Waals surface area contributed by atoms with E-state index in [0.29, 0.717) is 11.3 Å². The lowest BCUT2D eigenvalue weighted by atomic mass is 9.67. The van der Waals surface area contributed by atoms with Gasteiger partial charge in [0.1, 0.15) is 6.10 Å². The highest BCUT2D eigenvalue weighted by Crippen LogP contribution is 2.45. The highest BCUT2D eigenvalue weighted by Gasteiger charge is 2.44. The summed E-state index contributed by atoms with van der Waals surface area (Å²) in [5, 5.41) is 20.2. The molecule has 1 atom stereocenters. The van der Waals surface area contributed by atoms with E-state index in [1.54, 1.807) is 18.2 Å². The number of halogens is 3. The Bertz CT molecular complexity index is 786. The largest absolute Gasteiger partial charge is 0.465 e. The van der Waals surface area contributed by atoms with E-state index in [0.717, 1.165) is 12.1 Å². The summed E-state index contributed by atoms with van der Waals surface area (Å²) >= 11 is 0. The van der Waals surface area contributed by atoms with Gasteiger partial charge in [-0.1, -0.05) is 18.2 Å². The van der Waals surface area contributed by atoms with Crippen molar-refractivity contribution in [1.29, 1.82) is 0 Å². The van der Waals surface area contributed by atoms with Gasteiger partial charge in [0.15, 0.2) is 0 Å². The summed E-state index contributed by atoms with van der Waals surface area (Å²) in [4.78, 5) is 16.6. The zero-order valence-electron chi connectivity index (χ0n) is 14.4. The van der Waals surface area contributed by atoms with Crippen LogP contribution >= 0.6 is 0 Å². The highest BCUT2D eigenvalue weighted by molar-refractivity contribution is 5.65. The number of nitrogens with zero attached hydrogens (tertiary/aromatic N) is 2. The summed E-state index contributed by atoms with van der Waals surface area (Å²) in [5.74, 6) is 0. The lowest BCUT2D eigenvalue weighted by Crippen LogP contribution is -2.47. The number of rotatable bonds is 3. The smallest absolute Gasteiger partial charge is 0.416 e. The molecule has 1 saturated heterocycles. The monoisotopic (exact) mass is 380 g/mol. The molecule has 0 saturated carbocycles. The molecule has 1 aromatic heterocycles. The quantitative estimate of drug-likeness (QED) is 0.848. The molecule has 0 radical (unpaired) electrons. The van der Waals surface area contributed by atoms with Crippen molar-refractivity contribution in [2.75, 3.05) is 13.1 Å². The van der Waals surface area contributed by atoms with Gasteiger partial charge in [-0.05, 0) is 42.7 Å². The minimum Gasteiger partial charge on any atom is -0.465 e. The second-order valence-corrected chi connectivity index (χ2v) is 6.66. The van der Waals surface area contributed by atoms with Crippen molar-refractivity contribution in [3.63, 3.8) is 0 Å². The molecular formula is C19H19F3N2O3. The molecule has 27 heavy (non-hydrogen) atoms. The lowest BCUT2D eigenvalue weighted by Gasteiger charge is -2.44. The first-order valence-corrected chi connectivity index (χ1v) is 8.49. The Morgan fingerprint density at radius 3 is 2.22 bits per heavy atom. The Hall–Kier alpha value is -2.61. The Kier molecular flexibility index (Phi) is 5.10. The number of pyridine rings is 1. The fourth-order valence-corrected chi connectivity index (χ4v) is 3.63. The molecule has 144 valence electrons. The normalized spacial score (nSPS) is 18.1. The van der Waals surface area contributed by atoms with Crippen molar-refractivity contribution in [3.05, 3.63) is 65.5 Å². The first kappa shape index (κ1) is 19.2. The standard InChI is InChI=1S/C19H19F3N2O3/c20-19(21,22)14-6-4-13(5-7-14)18(8-11-24(12-9-18)17(26)27)16(25)15-3-1-2-10-23-15/h1-7,10,16,25H,8-9,11-12H2,(H,26,27). The van der Waals surface area contributed by atoms with E-state index < -0.39 is 29.4 Å². The summed E-state index contributed by atoms with van der Waals surface area (Å²) in [6.07, 6.45) is -4.47. The first-order valence-electron chi connectivity index (χ1n) is 8.49. The highest BCUT2D eigenvalue weighted by atomic mass is 19.4. The third kappa shape index (κ3) is 3.75. The van der Waals surface area contributed by atoms with Gasteiger partial charge in [0.25, 0.3) is 0 Å². The van der Waals surface area contributed by atoms with Crippen molar-refractivity contribution in [2.24, 2.45) is 0 Å². The van der Waals surface area contributed by atoms with Crippen LogP contribution in [0.25, 0.3) is 0 Å². The van der Waals surface area contributed by atoms with Gasteiger partial charge in [0, 0.05) is 24.7 Å². The second kappa shape index (κ2) is 7.19. The van der Waals surface area contributed by atoms with Gasteiger partial charge in [0.2, 0.25) is 0 Å². The Balaban J connectivity index is 1.99. The lowest BCUT2D eigenvalue weighted by molar-refractivity contribution is -0.137. The van der Waals surface area contributed by atoms with Crippen LogP contribution in [0.15, 0.2) is 48.7 Å². The zero-order chi connectivity index (χ0) is 19.7. The van der Waals surface area contributed by atoms with Crippen molar-refractivity contribution in [1.82, 2.24) is 9.88 Å². The Morgan fingerprint density at radius 2 is 1.74 bits per heavy atom. The van der Waals surface area contributed by atoms with Crippen molar-refractivity contribution < 1.29 is 28.2 Å². The Morgan fingerprint density at radius 1 is 1.11 bits per heavy atom. The average Bonchev–Trinajstić information content (AvgIpc) is 2.67. The molecule has 5 nitrogen and oxygen atoms in total. The topological polar surface area (TPSA) is 73.7 Å². The fourth-order valence-electron chi connectivity index (χ4n) is 3.63. The van der Waals surface area contributed by atoms with Crippen LogP contribution in [-0.2, 0) is 11.6 Å². The zero-order valence-corrected chi connectivity index (χ0v) is 14.4. The van der Waals surface area contributed by atoms with Crippen LogP contribution in [0.3, 0.4) is 0 Å². The number of amides is 1. The molecule has 3 rings (SSSR count). The minimum atomic E-state index is -4.45. The van der Waals surface area contributed by atoms with Crippen LogP contribution in [-0.4, -0.2) is 39.3 Å². The Labute approximate surface area is 154 Å². The molecule has 1 unspecified atom stereocenters. The maximum atomic E-state index is 12.9. The van der Waals surface area contributed by atoms with Gasteiger partial charge >= 0.3 is 12.3 Å². The maximum Gasteiger partial charge on any atom is 0.416 e. The summed E-state index contributed by atoms with van der Waals surface area (Å²) in [6, 6.07) is 9.79. The van der Waals surface area contributed by atoms with Crippen molar-refractivity contribution in [2.45, 2.75) is 30.5 Å². The number of aliphatic hydroxyl groups excluding tert-OH is 1. The molecule has 1 amide bonds. The number of likely N-dealkylation sites (tertiary alicyclic amines) is 1. The molecule has 0 bridgehead atoms. The van der Waals surface area contributed by atoms with Crippen LogP contribution in [0.2, 0.25) is 0 Å². The predicted octanol–water partition coefficient (Wildman–Crippen LogP) is 3.85. The molecule has 1 aliphatic rings. The molecule has 1 aromatic carbocycles. The number of benzene rings is 1. The summed E-state index contributed by atoms with van der Waals surface area (Å²) in [5.41, 5.74) is -0.735. The summed E-state index contributed by atoms with van der Waals surface area (Å²) < 4.78 is 38.7. The third-order valence-electron chi connectivity index (χ3n) is 5.20. The molecular weight excluding hydrogens is 361 g/mol.